The van der Waals surface area contributed by atoms with E-state index in [2.05, 4.69) is 32.1 Å². The predicted molar refractivity (Wildman–Crippen MR) is 106 cm³/mol. The first-order chi connectivity index (χ1) is 13.5. The summed E-state index contributed by atoms with van der Waals surface area (Å²) in [5.74, 6) is 0.436. The van der Waals surface area contributed by atoms with Crippen molar-refractivity contribution in [3.8, 4) is 0 Å². The first-order valence-electron chi connectivity index (χ1n) is 9.98. The monoisotopic (exact) mass is 390 g/mol. The molecule has 154 valence electrons. The summed E-state index contributed by atoms with van der Waals surface area (Å²) >= 11 is 0. The fourth-order valence-electron chi connectivity index (χ4n) is 3.50. The van der Waals surface area contributed by atoms with E-state index in [0.717, 1.165) is 31.9 Å². The van der Waals surface area contributed by atoms with Gasteiger partial charge in [0.05, 0.1) is 6.61 Å². The summed E-state index contributed by atoms with van der Waals surface area (Å²) in [6.07, 6.45) is 1.13. The van der Waals surface area contributed by atoms with Crippen LogP contribution in [0.25, 0.3) is 0 Å². The molecule has 9 heteroatoms. The maximum atomic E-state index is 12.7. The van der Waals surface area contributed by atoms with Crippen LogP contribution < -0.4 is 10.2 Å². The van der Waals surface area contributed by atoms with Crippen LogP contribution in [-0.2, 0) is 4.74 Å². The largest absolute Gasteiger partial charge is 0.450 e. The summed E-state index contributed by atoms with van der Waals surface area (Å²) in [5, 5.41) is 3.06. The third-order valence-electron chi connectivity index (χ3n) is 5.22. The molecular weight excluding hydrogens is 360 g/mol. The highest BCUT2D eigenvalue weighted by molar-refractivity contribution is 5.92. The summed E-state index contributed by atoms with van der Waals surface area (Å²) in [6, 6.07) is 1.75. The number of rotatable bonds is 4. The number of anilines is 1. The van der Waals surface area contributed by atoms with E-state index in [4.69, 9.17) is 4.74 Å². The van der Waals surface area contributed by atoms with E-state index >= 15 is 0 Å². The van der Waals surface area contributed by atoms with E-state index in [-0.39, 0.29) is 18.0 Å². The van der Waals surface area contributed by atoms with Gasteiger partial charge in [0.2, 0.25) is 5.95 Å². The van der Waals surface area contributed by atoms with Gasteiger partial charge < -0.3 is 24.8 Å². The molecule has 2 saturated heterocycles. The molecule has 0 aromatic carbocycles. The standard InChI is InChI=1S/C19H30N6O3/c1-4-28-19(27)25-7-5-15(6-8-25)21-17(26)16-13-14(2)20-18(22-16)24-11-9-23(3)10-12-24/h13,15H,4-12H2,1-3H3,(H,21,26). The minimum atomic E-state index is -0.282. The van der Waals surface area contributed by atoms with Gasteiger partial charge in [-0.3, -0.25) is 4.79 Å². The second kappa shape index (κ2) is 9.18. The number of nitrogens with one attached hydrogen (secondary N) is 1. The zero-order valence-electron chi connectivity index (χ0n) is 17.0. The van der Waals surface area contributed by atoms with Crippen molar-refractivity contribution >= 4 is 17.9 Å². The third-order valence-corrected chi connectivity index (χ3v) is 5.22. The topological polar surface area (TPSA) is 90.9 Å². The van der Waals surface area contributed by atoms with Gasteiger partial charge in [-0.15, -0.1) is 0 Å². The molecular formula is C19H30N6O3. The maximum Gasteiger partial charge on any atom is 0.409 e. The molecule has 3 rings (SSSR count). The molecule has 0 saturated carbocycles. The molecule has 1 aromatic rings. The van der Waals surface area contributed by atoms with Crippen LogP contribution in [-0.4, -0.2) is 90.7 Å². The molecule has 2 aliphatic rings. The van der Waals surface area contributed by atoms with E-state index in [9.17, 15) is 9.59 Å². The Morgan fingerprint density at radius 3 is 2.46 bits per heavy atom. The van der Waals surface area contributed by atoms with Crippen LogP contribution in [0.2, 0.25) is 0 Å². The van der Waals surface area contributed by atoms with E-state index in [0.29, 0.717) is 44.2 Å². The molecule has 0 spiro atoms. The van der Waals surface area contributed by atoms with Crippen molar-refractivity contribution in [3.63, 3.8) is 0 Å². The van der Waals surface area contributed by atoms with Crippen molar-refractivity contribution in [3.05, 3.63) is 17.5 Å². The van der Waals surface area contributed by atoms with Gasteiger partial charge in [-0.1, -0.05) is 0 Å². The lowest BCUT2D eigenvalue weighted by Gasteiger charge is -2.33. The highest BCUT2D eigenvalue weighted by atomic mass is 16.6. The molecule has 2 aliphatic heterocycles. The quantitative estimate of drug-likeness (QED) is 0.816. The van der Waals surface area contributed by atoms with Gasteiger partial charge in [-0.05, 0) is 39.8 Å². The van der Waals surface area contributed by atoms with Crippen molar-refractivity contribution < 1.29 is 14.3 Å². The number of hydrogen-bond acceptors (Lipinski definition) is 7. The van der Waals surface area contributed by atoms with Gasteiger partial charge in [-0.2, -0.15) is 0 Å². The van der Waals surface area contributed by atoms with Crippen LogP contribution in [0.15, 0.2) is 6.07 Å². The SMILES string of the molecule is CCOC(=O)N1CCC(NC(=O)c2cc(C)nc(N3CCN(C)CC3)n2)CC1. The number of likely N-dealkylation sites (N-methyl/N-ethyl adjacent to an activating group) is 1. The average molecular weight is 390 g/mol. The predicted octanol–water partition coefficient (Wildman–Crippen LogP) is 0.888. The lowest BCUT2D eigenvalue weighted by atomic mass is 10.1. The maximum absolute atomic E-state index is 12.7. The Morgan fingerprint density at radius 1 is 1.14 bits per heavy atom. The fourth-order valence-corrected chi connectivity index (χ4v) is 3.50. The number of likely N-dealkylation sites (tertiary alicyclic amines) is 1. The van der Waals surface area contributed by atoms with Gasteiger partial charge in [0.1, 0.15) is 5.69 Å². The lowest BCUT2D eigenvalue weighted by molar-refractivity contribution is 0.0856. The zero-order chi connectivity index (χ0) is 20.1. The van der Waals surface area contributed by atoms with Gasteiger partial charge in [0, 0.05) is 51.0 Å². The first-order valence-corrected chi connectivity index (χ1v) is 9.98. The molecule has 3 heterocycles. The van der Waals surface area contributed by atoms with Crippen LogP contribution in [0.1, 0.15) is 35.9 Å². The molecule has 0 unspecified atom stereocenters. The normalized spacial score (nSPS) is 18.8. The second-order valence-electron chi connectivity index (χ2n) is 7.42. The van der Waals surface area contributed by atoms with Crippen molar-refractivity contribution in [1.29, 1.82) is 0 Å². The van der Waals surface area contributed by atoms with Crippen LogP contribution in [0, 0.1) is 6.92 Å². The molecule has 0 atom stereocenters. The van der Waals surface area contributed by atoms with E-state index in [1.54, 1.807) is 17.9 Å². The fraction of sp³-hybridized carbons (Fsp3) is 0.684. The average Bonchev–Trinajstić information content (AvgIpc) is 2.69. The lowest BCUT2D eigenvalue weighted by Crippen LogP contribution is -2.47. The number of aryl methyl sites for hydroxylation is 1. The molecule has 0 aliphatic carbocycles. The summed E-state index contributed by atoms with van der Waals surface area (Å²) in [7, 11) is 2.10. The Balaban J connectivity index is 1.58. The number of nitrogens with zero attached hydrogens (tertiary/aromatic N) is 5. The van der Waals surface area contributed by atoms with Crippen LogP contribution in [0.3, 0.4) is 0 Å². The highest BCUT2D eigenvalue weighted by Crippen LogP contribution is 2.15. The Hall–Kier alpha value is -2.42. The van der Waals surface area contributed by atoms with Crippen molar-refractivity contribution in [1.82, 2.24) is 25.1 Å². The van der Waals surface area contributed by atoms with Crippen molar-refractivity contribution in [2.45, 2.75) is 32.7 Å². The first kappa shape index (κ1) is 20.3. The minimum Gasteiger partial charge on any atom is -0.450 e. The number of carbonyl (C=O) groups is 2. The number of piperazine rings is 1. The summed E-state index contributed by atoms with van der Waals surface area (Å²) < 4.78 is 5.03. The molecule has 1 N–H and O–H groups in total. The number of aromatic nitrogens is 2. The molecule has 0 bridgehead atoms. The molecule has 9 nitrogen and oxygen atoms in total. The minimum absolute atomic E-state index is 0.0283. The van der Waals surface area contributed by atoms with Gasteiger partial charge in [0.15, 0.2) is 0 Å². The smallest absolute Gasteiger partial charge is 0.409 e. The molecule has 0 radical (unpaired) electrons. The number of piperidine rings is 1. The van der Waals surface area contributed by atoms with Crippen LogP contribution in [0.5, 0.6) is 0 Å². The molecule has 28 heavy (non-hydrogen) atoms. The van der Waals surface area contributed by atoms with Crippen LogP contribution >= 0.6 is 0 Å². The highest BCUT2D eigenvalue weighted by Gasteiger charge is 2.26. The number of hydrogen-bond donors (Lipinski definition) is 1. The summed E-state index contributed by atoms with van der Waals surface area (Å²) in [4.78, 5) is 39.6. The van der Waals surface area contributed by atoms with E-state index in [1.165, 1.54) is 0 Å². The second-order valence-corrected chi connectivity index (χ2v) is 7.42. The van der Waals surface area contributed by atoms with E-state index < -0.39 is 0 Å². The number of ether oxygens (including phenoxy) is 1. The van der Waals surface area contributed by atoms with Crippen molar-refractivity contribution in [2.24, 2.45) is 0 Å². The Labute approximate surface area is 166 Å². The summed E-state index contributed by atoms with van der Waals surface area (Å²) in [6.45, 7) is 8.84. The third kappa shape index (κ3) is 5.09. The van der Waals surface area contributed by atoms with Crippen molar-refractivity contribution in [2.75, 3.05) is 57.8 Å². The molecule has 1 aromatic heterocycles. The van der Waals surface area contributed by atoms with Gasteiger partial charge >= 0.3 is 6.09 Å². The zero-order valence-corrected chi connectivity index (χ0v) is 17.0. The Kier molecular flexibility index (Phi) is 6.66. The molecule has 2 fully saturated rings. The Bertz CT molecular complexity index is 697. The Morgan fingerprint density at radius 2 is 1.82 bits per heavy atom. The van der Waals surface area contributed by atoms with E-state index in [1.807, 2.05) is 6.92 Å². The molecule has 2 amide bonds. The summed E-state index contributed by atoms with van der Waals surface area (Å²) in [5.41, 5.74) is 1.18. The number of carbonyl (C=O) groups excluding carboxylic acids is 2. The number of amides is 2. The van der Waals surface area contributed by atoms with Crippen LogP contribution in [0.4, 0.5) is 10.7 Å². The van der Waals surface area contributed by atoms with Gasteiger partial charge in [0.25, 0.3) is 5.91 Å². The van der Waals surface area contributed by atoms with Gasteiger partial charge in [-0.25, -0.2) is 14.8 Å².